The van der Waals surface area contributed by atoms with Crippen LogP contribution in [0.15, 0.2) is 24.3 Å². The minimum atomic E-state index is -0.194. The van der Waals surface area contributed by atoms with Gasteiger partial charge in [-0.2, -0.15) is 0 Å². The first-order valence-electron chi connectivity index (χ1n) is 5.59. The lowest BCUT2D eigenvalue weighted by molar-refractivity contribution is -0.124. The molecule has 0 saturated carbocycles. The van der Waals surface area contributed by atoms with Gasteiger partial charge in [-0.1, -0.05) is 19.1 Å². The molecule has 0 bridgehead atoms. The van der Waals surface area contributed by atoms with E-state index in [9.17, 15) is 9.18 Å². The van der Waals surface area contributed by atoms with Crippen LogP contribution in [0, 0.1) is 11.2 Å². The van der Waals surface area contributed by atoms with Crippen LogP contribution in [0.2, 0.25) is 0 Å². The second kappa shape index (κ2) is 4.24. The number of piperidine rings is 1. The number of hydrogen-bond donors (Lipinski definition) is 1. The van der Waals surface area contributed by atoms with Gasteiger partial charge < -0.3 is 5.32 Å². The highest BCUT2D eigenvalue weighted by Gasteiger charge is 2.29. The summed E-state index contributed by atoms with van der Waals surface area (Å²) in [6.45, 7) is 2.82. The van der Waals surface area contributed by atoms with Gasteiger partial charge in [0.2, 0.25) is 5.91 Å². The molecule has 1 aliphatic heterocycles. The van der Waals surface area contributed by atoms with Crippen molar-refractivity contribution in [3.63, 3.8) is 0 Å². The fourth-order valence-corrected chi connectivity index (χ4v) is 2.19. The predicted molar refractivity (Wildman–Crippen MR) is 60.5 cm³/mol. The molecule has 2 nitrogen and oxygen atoms in total. The Morgan fingerprint density at radius 1 is 1.50 bits per heavy atom. The molecule has 1 saturated heterocycles. The van der Waals surface area contributed by atoms with Gasteiger partial charge in [-0.05, 0) is 36.0 Å². The van der Waals surface area contributed by atoms with Crippen LogP contribution in [-0.2, 0) is 11.2 Å². The maximum absolute atomic E-state index is 13.0. The Bertz CT molecular complexity index is 393. The van der Waals surface area contributed by atoms with Crippen LogP contribution in [0.3, 0.4) is 0 Å². The van der Waals surface area contributed by atoms with Gasteiger partial charge in [0.15, 0.2) is 0 Å². The lowest BCUT2D eigenvalue weighted by atomic mass is 9.77. The Balaban J connectivity index is 2.06. The second-order valence-corrected chi connectivity index (χ2v) is 4.89. The third-order valence-electron chi connectivity index (χ3n) is 3.19. The molecule has 1 aliphatic rings. The van der Waals surface area contributed by atoms with Gasteiger partial charge in [0.1, 0.15) is 5.82 Å². The molecule has 1 aromatic rings. The van der Waals surface area contributed by atoms with Gasteiger partial charge in [0, 0.05) is 13.0 Å². The molecule has 1 fully saturated rings. The number of benzene rings is 1. The van der Waals surface area contributed by atoms with Crippen LogP contribution >= 0.6 is 0 Å². The smallest absolute Gasteiger partial charge is 0.220 e. The molecule has 1 amide bonds. The van der Waals surface area contributed by atoms with Crippen molar-refractivity contribution in [1.82, 2.24) is 5.32 Å². The molecule has 3 heteroatoms. The summed E-state index contributed by atoms with van der Waals surface area (Å²) in [6.07, 6.45) is 2.26. The summed E-state index contributed by atoms with van der Waals surface area (Å²) in [4.78, 5) is 11.1. The van der Waals surface area contributed by atoms with E-state index in [4.69, 9.17) is 0 Å². The van der Waals surface area contributed by atoms with Gasteiger partial charge in [-0.25, -0.2) is 4.39 Å². The molecule has 0 radical (unpaired) electrons. The highest BCUT2D eigenvalue weighted by atomic mass is 19.1. The van der Waals surface area contributed by atoms with E-state index in [1.165, 1.54) is 6.07 Å². The third kappa shape index (κ3) is 2.60. The molecule has 1 unspecified atom stereocenters. The quantitative estimate of drug-likeness (QED) is 0.815. The van der Waals surface area contributed by atoms with Gasteiger partial charge in [-0.3, -0.25) is 4.79 Å². The van der Waals surface area contributed by atoms with Crippen molar-refractivity contribution in [3.8, 4) is 0 Å². The van der Waals surface area contributed by atoms with E-state index in [1.807, 2.05) is 6.07 Å². The Kier molecular flexibility index (Phi) is 2.95. The molecular weight excluding hydrogens is 205 g/mol. The van der Waals surface area contributed by atoms with Crippen LogP contribution in [-0.4, -0.2) is 12.5 Å². The largest absolute Gasteiger partial charge is 0.356 e. The van der Waals surface area contributed by atoms with Gasteiger partial charge >= 0.3 is 0 Å². The van der Waals surface area contributed by atoms with E-state index in [0.717, 1.165) is 18.4 Å². The van der Waals surface area contributed by atoms with Crippen molar-refractivity contribution in [1.29, 1.82) is 0 Å². The van der Waals surface area contributed by atoms with Crippen molar-refractivity contribution in [2.45, 2.75) is 26.2 Å². The Hall–Kier alpha value is -1.38. The van der Waals surface area contributed by atoms with Crippen molar-refractivity contribution < 1.29 is 9.18 Å². The molecule has 2 rings (SSSR count). The summed E-state index contributed by atoms with van der Waals surface area (Å²) >= 11 is 0. The summed E-state index contributed by atoms with van der Waals surface area (Å²) in [5, 5.41) is 2.87. The second-order valence-electron chi connectivity index (χ2n) is 4.89. The molecular formula is C13H16FNO. The zero-order valence-corrected chi connectivity index (χ0v) is 9.42. The zero-order valence-electron chi connectivity index (χ0n) is 9.42. The average Bonchev–Trinajstić information content (AvgIpc) is 2.23. The first kappa shape index (κ1) is 11.1. The monoisotopic (exact) mass is 221 g/mol. The van der Waals surface area contributed by atoms with Crippen LogP contribution < -0.4 is 5.32 Å². The molecule has 0 aliphatic carbocycles. The van der Waals surface area contributed by atoms with Crippen LogP contribution in [0.4, 0.5) is 4.39 Å². The van der Waals surface area contributed by atoms with E-state index >= 15 is 0 Å². The highest BCUT2D eigenvalue weighted by Crippen LogP contribution is 2.30. The van der Waals surface area contributed by atoms with Crippen molar-refractivity contribution in [2.24, 2.45) is 5.41 Å². The minimum absolute atomic E-state index is 0.0572. The SMILES string of the molecule is CC1(Cc2cccc(F)c2)CCC(=O)NC1. The number of carbonyl (C=O) groups is 1. The first-order valence-corrected chi connectivity index (χ1v) is 5.59. The number of nitrogens with one attached hydrogen (secondary N) is 1. The summed E-state index contributed by atoms with van der Waals surface area (Å²) in [5.74, 6) is -0.0716. The molecule has 1 N–H and O–H groups in total. The number of amides is 1. The first-order chi connectivity index (χ1) is 7.57. The molecule has 0 aromatic heterocycles. The third-order valence-corrected chi connectivity index (χ3v) is 3.19. The highest BCUT2D eigenvalue weighted by molar-refractivity contribution is 5.76. The fourth-order valence-electron chi connectivity index (χ4n) is 2.19. The minimum Gasteiger partial charge on any atom is -0.356 e. The van der Waals surface area contributed by atoms with Crippen molar-refractivity contribution >= 4 is 5.91 Å². The van der Waals surface area contributed by atoms with Crippen LogP contribution in [0.1, 0.15) is 25.3 Å². The van der Waals surface area contributed by atoms with E-state index in [2.05, 4.69) is 12.2 Å². The Morgan fingerprint density at radius 2 is 2.31 bits per heavy atom. The number of halogens is 1. The Labute approximate surface area is 94.9 Å². The zero-order chi connectivity index (χ0) is 11.6. The number of carbonyl (C=O) groups excluding carboxylic acids is 1. The summed E-state index contributed by atoms with van der Waals surface area (Å²) < 4.78 is 13.0. The standard InChI is InChI=1S/C13H16FNO/c1-13(6-5-12(16)15-9-13)8-10-3-2-4-11(14)7-10/h2-4,7H,5-6,8-9H2,1H3,(H,15,16). The van der Waals surface area contributed by atoms with Crippen molar-refractivity contribution in [3.05, 3.63) is 35.6 Å². The lowest BCUT2D eigenvalue weighted by Gasteiger charge is -2.33. The maximum Gasteiger partial charge on any atom is 0.220 e. The molecule has 0 spiro atoms. The molecule has 86 valence electrons. The number of rotatable bonds is 2. The van der Waals surface area contributed by atoms with Crippen LogP contribution in [0.25, 0.3) is 0 Å². The topological polar surface area (TPSA) is 29.1 Å². The summed E-state index contributed by atoms with van der Waals surface area (Å²) in [6, 6.07) is 6.69. The average molecular weight is 221 g/mol. The van der Waals surface area contributed by atoms with Gasteiger partial charge in [0.25, 0.3) is 0 Å². The van der Waals surface area contributed by atoms with E-state index in [0.29, 0.717) is 13.0 Å². The van der Waals surface area contributed by atoms with E-state index in [1.54, 1.807) is 12.1 Å². The van der Waals surface area contributed by atoms with E-state index < -0.39 is 0 Å². The predicted octanol–water partition coefficient (Wildman–Crippen LogP) is 2.28. The summed E-state index contributed by atoms with van der Waals surface area (Å²) in [5.41, 5.74) is 1.06. The summed E-state index contributed by atoms with van der Waals surface area (Å²) in [7, 11) is 0. The van der Waals surface area contributed by atoms with Gasteiger partial charge in [-0.15, -0.1) is 0 Å². The molecule has 1 heterocycles. The fraction of sp³-hybridized carbons (Fsp3) is 0.462. The van der Waals surface area contributed by atoms with E-state index in [-0.39, 0.29) is 17.1 Å². The maximum atomic E-state index is 13.0. The normalized spacial score (nSPS) is 25.2. The lowest BCUT2D eigenvalue weighted by Crippen LogP contribution is -2.42. The van der Waals surface area contributed by atoms with Gasteiger partial charge in [0.05, 0.1) is 0 Å². The molecule has 1 aromatic carbocycles. The van der Waals surface area contributed by atoms with Crippen molar-refractivity contribution in [2.75, 3.05) is 6.54 Å². The van der Waals surface area contributed by atoms with Crippen LogP contribution in [0.5, 0.6) is 0 Å². The number of hydrogen-bond acceptors (Lipinski definition) is 1. The molecule has 1 atom stereocenters. The Morgan fingerprint density at radius 3 is 2.94 bits per heavy atom. The molecule has 16 heavy (non-hydrogen) atoms.